The smallest absolute Gasteiger partial charge is 0.247 e. The first-order chi connectivity index (χ1) is 10.5. The van der Waals surface area contributed by atoms with E-state index < -0.39 is 6.04 Å². The minimum absolute atomic E-state index is 0.148. The van der Waals surface area contributed by atoms with E-state index in [1.54, 1.807) is 19.1 Å². The number of amides is 2. The Morgan fingerprint density at radius 3 is 2.23 bits per heavy atom. The van der Waals surface area contributed by atoms with Crippen molar-refractivity contribution in [3.05, 3.63) is 35.4 Å². The van der Waals surface area contributed by atoms with Crippen molar-refractivity contribution in [2.24, 2.45) is 0 Å². The van der Waals surface area contributed by atoms with Crippen LogP contribution in [0.25, 0.3) is 0 Å². The molecule has 0 saturated heterocycles. The summed E-state index contributed by atoms with van der Waals surface area (Å²) in [5, 5.41) is 2.60. The Bertz CT molecular complexity index is 487. The molecule has 2 amide bonds. The average molecular weight is 308 g/mol. The number of carbonyl (C=O) groups is 2. The number of likely N-dealkylation sites (N-methyl/N-ethyl adjacent to an activating group) is 1. The lowest BCUT2D eigenvalue weighted by atomic mass is 10.1. The van der Waals surface area contributed by atoms with Crippen molar-refractivity contribution in [2.45, 2.75) is 26.1 Å². The Morgan fingerprint density at radius 1 is 1.14 bits per heavy atom. The van der Waals surface area contributed by atoms with Crippen LogP contribution in [0.15, 0.2) is 24.3 Å². The van der Waals surface area contributed by atoms with Crippen LogP contribution in [0, 0.1) is 0 Å². The number of rotatable bonds is 8. The third kappa shape index (κ3) is 5.83. The molecule has 0 bridgehead atoms. The van der Waals surface area contributed by atoms with Gasteiger partial charge in [0.2, 0.25) is 11.8 Å². The number of methoxy groups -OCH3 is 2. The molecule has 0 aromatic heterocycles. The molecule has 1 rings (SSSR count). The lowest BCUT2D eigenvalue weighted by Crippen LogP contribution is -2.48. The summed E-state index contributed by atoms with van der Waals surface area (Å²) in [6.45, 7) is 2.55. The molecule has 0 unspecified atom stereocenters. The van der Waals surface area contributed by atoms with Gasteiger partial charge in [-0.05, 0) is 11.1 Å². The molecule has 0 aliphatic rings. The van der Waals surface area contributed by atoms with Gasteiger partial charge in [-0.15, -0.1) is 0 Å². The zero-order valence-electron chi connectivity index (χ0n) is 13.6. The van der Waals surface area contributed by atoms with E-state index in [2.05, 4.69) is 5.32 Å². The molecule has 6 nitrogen and oxygen atoms in total. The van der Waals surface area contributed by atoms with E-state index in [0.29, 0.717) is 13.2 Å². The quantitative estimate of drug-likeness (QED) is 0.776. The van der Waals surface area contributed by atoms with Gasteiger partial charge in [0.15, 0.2) is 0 Å². The summed E-state index contributed by atoms with van der Waals surface area (Å²) in [5.41, 5.74) is 2.09. The number of ether oxygens (including phenoxy) is 2. The molecule has 0 heterocycles. The standard InChI is InChI=1S/C16H24N2O4/c1-12(19)17-15(11-22-4)16(20)18(2)9-13-5-7-14(8-6-13)10-21-3/h5-8,15H,9-11H2,1-4H3,(H,17,19)/t15-/m1/s1. The number of hydrogen-bond donors (Lipinski definition) is 1. The number of nitrogens with one attached hydrogen (secondary N) is 1. The number of benzene rings is 1. The van der Waals surface area contributed by atoms with Gasteiger partial charge in [0.05, 0.1) is 13.2 Å². The van der Waals surface area contributed by atoms with Gasteiger partial charge in [0.1, 0.15) is 6.04 Å². The Labute approximate surface area is 131 Å². The van der Waals surface area contributed by atoms with Gasteiger partial charge in [0, 0.05) is 34.7 Å². The summed E-state index contributed by atoms with van der Waals surface area (Å²) in [6, 6.07) is 7.19. The summed E-state index contributed by atoms with van der Waals surface area (Å²) in [5.74, 6) is -0.439. The topological polar surface area (TPSA) is 67.9 Å². The zero-order valence-corrected chi connectivity index (χ0v) is 13.6. The normalized spacial score (nSPS) is 11.8. The van der Waals surface area contributed by atoms with E-state index in [0.717, 1.165) is 11.1 Å². The first-order valence-electron chi connectivity index (χ1n) is 7.05. The maximum Gasteiger partial charge on any atom is 0.247 e. The van der Waals surface area contributed by atoms with Crippen LogP contribution in [0.1, 0.15) is 18.1 Å². The van der Waals surface area contributed by atoms with Crippen molar-refractivity contribution in [1.82, 2.24) is 10.2 Å². The van der Waals surface area contributed by atoms with Crippen molar-refractivity contribution < 1.29 is 19.1 Å². The number of carbonyl (C=O) groups excluding carboxylic acids is 2. The highest BCUT2D eigenvalue weighted by molar-refractivity contribution is 5.86. The third-order valence-electron chi connectivity index (χ3n) is 3.14. The molecular weight excluding hydrogens is 284 g/mol. The molecule has 0 fully saturated rings. The molecule has 0 aliphatic carbocycles. The highest BCUT2D eigenvalue weighted by Gasteiger charge is 2.22. The maximum absolute atomic E-state index is 12.4. The van der Waals surface area contributed by atoms with Crippen molar-refractivity contribution in [3.63, 3.8) is 0 Å². The predicted octanol–water partition coefficient (Wildman–Crippen LogP) is 0.942. The van der Waals surface area contributed by atoms with Crippen molar-refractivity contribution in [1.29, 1.82) is 0 Å². The minimum Gasteiger partial charge on any atom is -0.382 e. The van der Waals surface area contributed by atoms with E-state index in [1.807, 2.05) is 24.3 Å². The molecule has 0 spiro atoms. The van der Waals surface area contributed by atoms with Crippen molar-refractivity contribution >= 4 is 11.8 Å². The van der Waals surface area contributed by atoms with Crippen LogP contribution in [-0.2, 0) is 32.2 Å². The monoisotopic (exact) mass is 308 g/mol. The van der Waals surface area contributed by atoms with Gasteiger partial charge in [-0.2, -0.15) is 0 Å². The molecule has 0 saturated carbocycles. The predicted molar refractivity (Wildman–Crippen MR) is 83.1 cm³/mol. The summed E-state index contributed by atoms with van der Waals surface area (Å²) >= 11 is 0. The van der Waals surface area contributed by atoms with Crippen molar-refractivity contribution in [3.8, 4) is 0 Å². The van der Waals surface area contributed by atoms with Gasteiger partial charge in [-0.3, -0.25) is 9.59 Å². The van der Waals surface area contributed by atoms with Crippen molar-refractivity contribution in [2.75, 3.05) is 27.9 Å². The Morgan fingerprint density at radius 2 is 1.73 bits per heavy atom. The summed E-state index contributed by atoms with van der Waals surface area (Å²) in [6.07, 6.45) is 0. The van der Waals surface area contributed by atoms with Crippen LogP contribution in [0.3, 0.4) is 0 Å². The minimum atomic E-state index is -0.666. The average Bonchev–Trinajstić information content (AvgIpc) is 2.48. The number of hydrogen-bond acceptors (Lipinski definition) is 4. The van der Waals surface area contributed by atoms with Gasteiger partial charge in [0.25, 0.3) is 0 Å². The molecule has 1 aromatic rings. The molecule has 1 atom stereocenters. The summed E-state index contributed by atoms with van der Waals surface area (Å²) < 4.78 is 10.1. The SMILES string of the molecule is COCc1ccc(CN(C)C(=O)[C@@H](COC)NC(C)=O)cc1. The van der Waals surface area contributed by atoms with E-state index >= 15 is 0 Å². The summed E-state index contributed by atoms with van der Waals surface area (Å²) in [4.78, 5) is 25.1. The van der Waals surface area contributed by atoms with Gasteiger partial charge >= 0.3 is 0 Å². The molecule has 122 valence electrons. The van der Waals surface area contributed by atoms with E-state index in [-0.39, 0.29) is 18.4 Å². The molecule has 1 N–H and O–H groups in total. The second kappa shape index (κ2) is 9.17. The van der Waals surface area contributed by atoms with Gasteiger partial charge in [-0.1, -0.05) is 24.3 Å². The fourth-order valence-electron chi connectivity index (χ4n) is 2.11. The Kier molecular flexibility index (Phi) is 7.56. The molecular formula is C16H24N2O4. The van der Waals surface area contributed by atoms with E-state index in [9.17, 15) is 9.59 Å². The second-order valence-electron chi connectivity index (χ2n) is 5.15. The highest BCUT2D eigenvalue weighted by atomic mass is 16.5. The van der Waals surface area contributed by atoms with Crippen LogP contribution >= 0.6 is 0 Å². The van der Waals surface area contributed by atoms with Crippen LogP contribution in [0.2, 0.25) is 0 Å². The van der Waals surface area contributed by atoms with Crippen LogP contribution < -0.4 is 5.32 Å². The van der Waals surface area contributed by atoms with Gasteiger partial charge in [-0.25, -0.2) is 0 Å². The lowest BCUT2D eigenvalue weighted by molar-refractivity contribution is -0.136. The number of nitrogens with zero attached hydrogens (tertiary/aromatic N) is 1. The first-order valence-corrected chi connectivity index (χ1v) is 7.05. The van der Waals surface area contributed by atoms with E-state index in [4.69, 9.17) is 9.47 Å². The lowest BCUT2D eigenvalue weighted by Gasteiger charge is -2.24. The Hall–Kier alpha value is -1.92. The summed E-state index contributed by atoms with van der Waals surface area (Å²) in [7, 11) is 4.85. The second-order valence-corrected chi connectivity index (χ2v) is 5.15. The zero-order chi connectivity index (χ0) is 16.5. The fraction of sp³-hybridized carbons (Fsp3) is 0.500. The van der Waals surface area contributed by atoms with E-state index in [1.165, 1.54) is 14.0 Å². The molecule has 22 heavy (non-hydrogen) atoms. The molecule has 6 heteroatoms. The molecule has 0 aliphatic heterocycles. The van der Waals surface area contributed by atoms with Gasteiger partial charge < -0.3 is 19.7 Å². The molecule has 0 radical (unpaired) electrons. The maximum atomic E-state index is 12.4. The highest BCUT2D eigenvalue weighted by Crippen LogP contribution is 2.08. The third-order valence-corrected chi connectivity index (χ3v) is 3.14. The van der Waals surface area contributed by atoms with Crippen LogP contribution in [0.5, 0.6) is 0 Å². The fourth-order valence-corrected chi connectivity index (χ4v) is 2.11. The largest absolute Gasteiger partial charge is 0.382 e. The first kappa shape index (κ1) is 18.1. The molecule has 1 aromatic carbocycles. The van der Waals surface area contributed by atoms with Crippen LogP contribution in [0.4, 0.5) is 0 Å². The Balaban J connectivity index is 2.66. The van der Waals surface area contributed by atoms with Crippen LogP contribution in [-0.4, -0.2) is 50.6 Å².